The summed E-state index contributed by atoms with van der Waals surface area (Å²) in [5, 5.41) is 9.86. The molecule has 0 aromatic heterocycles. The molecule has 0 amide bonds. The maximum absolute atomic E-state index is 13.1. The Balaban J connectivity index is 2.17. The molecule has 7 heteroatoms. The van der Waals surface area contributed by atoms with Crippen LogP contribution in [0.5, 0.6) is 5.75 Å². The number of carboxylic acids is 1. The quantitative estimate of drug-likeness (QED) is 0.735. The maximum atomic E-state index is 13.1. The van der Waals surface area contributed by atoms with Gasteiger partial charge in [-0.1, -0.05) is 40.9 Å². The van der Waals surface area contributed by atoms with E-state index < -0.39 is 17.7 Å². The van der Waals surface area contributed by atoms with Crippen LogP contribution in [-0.4, -0.2) is 23.5 Å². The monoisotopic (exact) mass is 398 g/mol. The number of halogens is 3. The van der Waals surface area contributed by atoms with Gasteiger partial charge in [0.15, 0.2) is 5.78 Å². The summed E-state index contributed by atoms with van der Waals surface area (Å²) in [6.45, 7) is 2.00. The molecule has 2 aromatic carbocycles. The number of aliphatic carboxylic acids is 1. The predicted octanol–water partition coefficient (Wildman–Crippen LogP) is 5.00. The van der Waals surface area contributed by atoms with E-state index in [9.17, 15) is 14.7 Å². The molecule has 2 aromatic rings. The Morgan fingerprint density at radius 3 is 2.36 bits per heavy atom. The Hall–Kier alpha value is -1.75. The average Bonchev–Trinajstić information content (AvgIpc) is 3.00. The number of carbonyl (C=O) groups is 2. The van der Waals surface area contributed by atoms with Crippen LogP contribution in [0, 0.1) is 0 Å². The second-order valence-electron chi connectivity index (χ2n) is 5.79. The van der Waals surface area contributed by atoms with E-state index in [1.165, 1.54) is 18.2 Å². The highest BCUT2D eigenvalue weighted by Crippen LogP contribution is 2.38. The maximum Gasteiger partial charge on any atom is 0.310 e. The molecule has 0 bridgehead atoms. The third-order valence-corrected chi connectivity index (χ3v) is 4.97. The van der Waals surface area contributed by atoms with Crippen LogP contribution < -0.4 is 4.74 Å². The van der Waals surface area contributed by atoms with Crippen molar-refractivity contribution in [3.63, 3.8) is 0 Å². The van der Waals surface area contributed by atoms with E-state index in [0.29, 0.717) is 29.4 Å². The minimum absolute atomic E-state index is 0.116. The third-order valence-electron chi connectivity index (χ3n) is 4.15. The number of rotatable bonds is 4. The fraction of sp³-hybridized carbons (Fsp3) is 0.222. The zero-order chi connectivity index (χ0) is 18.3. The summed E-state index contributed by atoms with van der Waals surface area (Å²) in [6.07, 6.45) is 0.609. The Kier molecular flexibility index (Phi) is 4.96. The summed E-state index contributed by atoms with van der Waals surface area (Å²) in [4.78, 5) is 24.4. The number of ether oxygens (including phenoxy) is 1. The van der Waals surface area contributed by atoms with E-state index in [-0.39, 0.29) is 21.2 Å². The van der Waals surface area contributed by atoms with Gasteiger partial charge in [0.05, 0.1) is 33.7 Å². The predicted molar refractivity (Wildman–Crippen MR) is 96.6 cm³/mol. The lowest BCUT2D eigenvalue weighted by molar-refractivity contribution is -0.138. The van der Waals surface area contributed by atoms with Crippen LogP contribution in [0.1, 0.15) is 39.9 Å². The molecule has 1 unspecified atom stereocenters. The van der Waals surface area contributed by atoms with Crippen molar-refractivity contribution in [1.82, 2.24) is 0 Å². The van der Waals surface area contributed by atoms with Crippen molar-refractivity contribution >= 4 is 46.6 Å². The van der Waals surface area contributed by atoms with Gasteiger partial charge in [0, 0.05) is 11.4 Å². The summed E-state index contributed by atoms with van der Waals surface area (Å²) >= 11 is 18.2. The minimum Gasteiger partial charge on any atom is -0.492 e. The number of carbonyl (C=O) groups excluding carboxylic acids is 1. The summed E-state index contributed by atoms with van der Waals surface area (Å²) in [7, 11) is 0. The summed E-state index contributed by atoms with van der Waals surface area (Å²) < 4.78 is 5.59. The van der Waals surface area contributed by atoms with Crippen LogP contribution in [0.3, 0.4) is 0 Å². The lowest BCUT2D eigenvalue weighted by Crippen LogP contribution is -2.11. The number of hydrogen-bond acceptors (Lipinski definition) is 3. The van der Waals surface area contributed by atoms with E-state index in [2.05, 4.69) is 0 Å². The molecule has 1 aliphatic heterocycles. The highest BCUT2D eigenvalue weighted by molar-refractivity contribution is 6.43. The molecule has 1 aliphatic rings. The van der Waals surface area contributed by atoms with Crippen LogP contribution in [-0.2, 0) is 11.2 Å². The molecule has 0 aliphatic carbocycles. The van der Waals surface area contributed by atoms with Crippen molar-refractivity contribution in [3.05, 3.63) is 61.6 Å². The van der Waals surface area contributed by atoms with E-state index >= 15 is 0 Å². The zero-order valence-corrected chi connectivity index (χ0v) is 15.4. The number of fused-ring (bicyclic) bond motifs is 1. The highest BCUT2D eigenvalue weighted by atomic mass is 35.5. The van der Waals surface area contributed by atoms with Crippen molar-refractivity contribution < 1.29 is 19.4 Å². The van der Waals surface area contributed by atoms with Crippen molar-refractivity contribution in [2.45, 2.75) is 19.3 Å². The molecule has 130 valence electrons. The standard InChI is InChI=1S/C18H13Cl3O4/c1-8(18(23)24)10-4-9-2-3-25-17(9)12(5-10)16(22)15-13(20)6-11(19)7-14(15)21/h4-8H,2-3H2,1H3,(H,23,24). The van der Waals surface area contributed by atoms with Gasteiger partial charge in [0.1, 0.15) is 5.75 Å². The SMILES string of the molecule is CC(C(=O)O)c1cc2c(c(C(=O)c3c(Cl)cc(Cl)cc3Cl)c1)OCC2. The van der Waals surface area contributed by atoms with Gasteiger partial charge in [-0.2, -0.15) is 0 Å². The molecular formula is C18H13Cl3O4. The summed E-state index contributed by atoms with van der Waals surface area (Å²) in [5.41, 5.74) is 1.70. The molecule has 3 rings (SSSR count). The molecule has 0 saturated heterocycles. The summed E-state index contributed by atoms with van der Waals surface area (Å²) in [6, 6.07) is 6.18. The lowest BCUT2D eigenvalue weighted by atomic mass is 9.92. The number of benzene rings is 2. The van der Waals surface area contributed by atoms with Crippen molar-refractivity contribution in [1.29, 1.82) is 0 Å². The summed E-state index contributed by atoms with van der Waals surface area (Å²) in [5.74, 6) is -1.70. The second kappa shape index (κ2) is 6.87. The van der Waals surface area contributed by atoms with Gasteiger partial charge < -0.3 is 9.84 Å². The van der Waals surface area contributed by atoms with Gasteiger partial charge in [0.2, 0.25) is 0 Å². The first-order valence-corrected chi connectivity index (χ1v) is 8.64. The average molecular weight is 400 g/mol. The van der Waals surface area contributed by atoms with Crippen LogP contribution in [0.4, 0.5) is 0 Å². The smallest absolute Gasteiger partial charge is 0.310 e. The van der Waals surface area contributed by atoms with Crippen molar-refractivity contribution in [2.75, 3.05) is 6.61 Å². The van der Waals surface area contributed by atoms with Gasteiger partial charge in [-0.05, 0) is 36.2 Å². The van der Waals surface area contributed by atoms with Crippen LogP contribution in [0.15, 0.2) is 24.3 Å². The Morgan fingerprint density at radius 2 is 1.76 bits per heavy atom. The molecule has 1 atom stereocenters. The molecule has 1 N–H and O–H groups in total. The molecular weight excluding hydrogens is 387 g/mol. The second-order valence-corrected chi connectivity index (χ2v) is 7.04. The van der Waals surface area contributed by atoms with Gasteiger partial charge in [-0.3, -0.25) is 9.59 Å². The Morgan fingerprint density at radius 1 is 1.12 bits per heavy atom. The first-order valence-electron chi connectivity index (χ1n) is 7.51. The first-order chi connectivity index (χ1) is 11.8. The number of ketones is 1. The first kappa shape index (κ1) is 18.1. The van der Waals surface area contributed by atoms with Gasteiger partial charge in [0.25, 0.3) is 0 Å². The Labute approximate surface area is 159 Å². The molecule has 25 heavy (non-hydrogen) atoms. The number of carboxylic acid groups (broad SMARTS) is 1. The Bertz CT molecular complexity index is 869. The fourth-order valence-electron chi connectivity index (χ4n) is 2.79. The molecule has 0 saturated carbocycles. The highest BCUT2D eigenvalue weighted by Gasteiger charge is 2.28. The largest absolute Gasteiger partial charge is 0.492 e. The molecule has 1 heterocycles. The number of hydrogen-bond donors (Lipinski definition) is 1. The minimum atomic E-state index is -0.972. The van der Waals surface area contributed by atoms with Crippen LogP contribution >= 0.6 is 34.8 Å². The van der Waals surface area contributed by atoms with Crippen molar-refractivity contribution in [3.8, 4) is 5.75 Å². The van der Waals surface area contributed by atoms with Gasteiger partial charge in [-0.25, -0.2) is 0 Å². The van der Waals surface area contributed by atoms with E-state index in [1.54, 1.807) is 13.0 Å². The van der Waals surface area contributed by atoms with E-state index in [1.807, 2.05) is 0 Å². The lowest BCUT2D eigenvalue weighted by Gasteiger charge is -2.14. The normalized spacial score (nSPS) is 13.9. The van der Waals surface area contributed by atoms with Gasteiger partial charge >= 0.3 is 5.97 Å². The zero-order valence-electron chi connectivity index (χ0n) is 13.1. The van der Waals surface area contributed by atoms with Crippen LogP contribution in [0.25, 0.3) is 0 Å². The van der Waals surface area contributed by atoms with E-state index in [0.717, 1.165) is 5.56 Å². The van der Waals surface area contributed by atoms with Crippen molar-refractivity contribution in [2.24, 2.45) is 0 Å². The third kappa shape index (κ3) is 3.34. The van der Waals surface area contributed by atoms with Gasteiger partial charge in [-0.15, -0.1) is 0 Å². The molecule has 0 spiro atoms. The fourth-order valence-corrected chi connectivity index (χ4v) is 3.78. The molecule has 0 radical (unpaired) electrons. The molecule has 0 fully saturated rings. The topological polar surface area (TPSA) is 63.6 Å². The van der Waals surface area contributed by atoms with E-state index in [4.69, 9.17) is 39.5 Å². The van der Waals surface area contributed by atoms with Crippen LogP contribution in [0.2, 0.25) is 15.1 Å². The molecule has 4 nitrogen and oxygen atoms in total.